The fraction of sp³-hybridized carbons (Fsp3) is 0.833. The molecule has 1 amide bonds. The van der Waals surface area contributed by atoms with Crippen molar-refractivity contribution in [2.24, 2.45) is 5.92 Å². The van der Waals surface area contributed by atoms with Crippen molar-refractivity contribution in [2.75, 3.05) is 13.1 Å². The quantitative estimate of drug-likeness (QED) is 0.515. The lowest BCUT2D eigenvalue weighted by Crippen LogP contribution is -2.39. The maximum absolute atomic E-state index is 11.4. The fourth-order valence-corrected chi connectivity index (χ4v) is 1.84. The van der Waals surface area contributed by atoms with Crippen molar-refractivity contribution in [1.82, 2.24) is 4.90 Å². The zero-order valence-corrected chi connectivity index (χ0v) is 9.79. The number of hydrogen-bond donors (Lipinski definition) is 0. The number of unbranched alkanes of at least 4 members (excludes halogenated alkanes) is 1. The van der Waals surface area contributed by atoms with E-state index < -0.39 is 0 Å². The van der Waals surface area contributed by atoms with Gasteiger partial charge in [0.25, 0.3) is 0 Å². The van der Waals surface area contributed by atoms with Crippen molar-refractivity contribution in [3.8, 4) is 0 Å². The number of Topliss-reactive ketones (excluding diaryl/α,β-unsaturated/α-hetero) is 1. The Bertz CT molecular complexity index is 236. The molecule has 0 N–H and O–H groups in total. The van der Waals surface area contributed by atoms with Gasteiger partial charge in [-0.15, -0.1) is 0 Å². The van der Waals surface area contributed by atoms with Gasteiger partial charge < -0.3 is 4.90 Å². The van der Waals surface area contributed by atoms with E-state index >= 15 is 0 Å². The van der Waals surface area contributed by atoms with Gasteiger partial charge in [-0.05, 0) is 12.3 Å². The Balaban J connectivity index is 2.16. The second-order valence-corrected chi connectivity index (χ2v) is 4.74. The first-order valence-corrected chi connectivity index (χ1v) is 5.89. The molecule has 0 aromatic heterocycles. The van der Waals surface area contributed by atoms with E-state index in [4.69, 9.17) is 0 Å². The molecule has 1 saturated heterocycles. The van der Waals surface area contributed by atoms with Gasteiger partial charge in [-0.3, -0.25) is 9.59 Å². The molecule has 1 fully saturated rings. The monoisotopic (exact) mass is 211 g/mol. The summed E-state index contributed by atoms with van der Waals surface area (Å²) in [6, 6.07) is 0. The Labute approximate surface area is 91.8 Å². The predicted molar refractivity (Wildman–Crippen MR) is 59.5 cm³/mol. The lowest BCUT2D eigenvalue weighted by Gasteiger charge is -2.26. The molecule has 0 aromatic rings. The molecule has 1 heterocycles. The van der Waals surface area contributed by atoms with Crippen molar-refractivity contribution in [1.29, 1.82) is 0 Å². The molecule has 1 rings (SSSR count). The van der Waals surface area contributed by atoms with Crippen molar-refractivity contribution in [3.05, 3.63) is 0 Å². The summed E-state index contributed by atoms with van der Waals surface area (Å²) < 4.78 is 0. The molecule has 0 saturated carbocycles. The van der Waals surface area contributed by atoms with Crippen LogP contribution in [0.15, 0.2) is 0 Å². The van der Waals surface area contributed by atoms with Gasteiger partial charge in [0.05, 0.1) is 6.42 Å². The summed E-state index contributed by atoms with van der Waals surface area (Å²) in [6.45, 7) is 5.90. The maximum Gasteiger partial charge on any atom is 0.230 e. The van der Waals surface area contributed by atoms with Crippen molar-refractivity contribution in [2.45, 2.75) is 46.0 Å². The minimum atomic E-state index is 0.0239. The van der Waals surface area contributed by atoms with E-state index in [1.54, 1.807) is 0 Å². The highest BCUT2D eigenvalue weighted by Crippen LogP contribution is 2.11. The van der Waals surface area contributed by atoms with E-state index in [1.807, 2.05) is 4.90 Å². The molecule has 3 heteroatoms. The highest BCUT2D eigenvalue weighted by Gasteiger charge is 2.22. The number of amides is 1. The molecular formula is C12H21NO2. The van der Waals surface area contributed by atoms with E-state index in [9.17, 15) is 9.59 Å². The average Bonchev–Trinajstić information content (AvgIpc) is 2.14. The van der Waals surface area contributed by atoms with Crippen LogP contribution in [0.1, 0.15) is 46.0 Å². The Morgan fingerprint density at radius 2 is 2.00 bits per heavy atom. The summed E-state index contributed by atoms with van der Waals surface area (Å²) in [4.78, 5) is 24.3. The van der Waals surface area contributed by atoms with Crippen LogP contribution in [0.3, 0.4) is 0 Å². The van der Waals surface area contributed by atoms with Gasteiger partial charge >= 0.3 is 0 Å². The number of nitrogens with zero attached hydrogens (tertiary/aromatic N) is 1. The summed E-state index contributed by atoms with van der Waals surface area (Å²) in [5.74, 6) is 0.859. The minimum absolute atomic E-state index is 0.0239. The summed E-state index contributed by atoms with van der Waals surface area (Å²) in [5.41, 5.74) is 0. The third kappa shape index (κ3) is 4.45. The summed E-state index contributed by atoms with van der Waals surface area (Å²) in [5, 5.41) is 0. The molecule has 0 unspecified atom stereocenters. The Hall–Kier alpha value is -0.860. The number of ketones is 1. The Morgan fingerprint density at radius 1 is 1.27 bits per heavy atom. The van der Waals surface area contributed by atoms with E-state index in [0.717, 1.165) is 18.9 Å². The lowest BCUT2D eigenvalue weighted by molar-refractivity contribution is -0.139. The first-order chi connectivity index (χ1) is 7.09. The van der Waals surface area contributed by atoms with Gasteiger partial charge in [-0.25, -0.2) is 0 Å². The number of piperidine rings is 1. The second-order valence-electron chi connectivity index (χ2n) is 4.74. The summed E-state index contributed by atoms with van der Waals surface area (Å²) >= 11 is 0. The first kappa shape index (κ1) is 12.2. The van der Waals surface area contributed by atoms with E-state index in [-0.39, 0.29) is 18.1 Å². The highest BCUT2D eigenvalue weighted by molar-refractivity contribution is 6.00. The third-order valence-electron chi connectivity index (χ3n) is 2.82. The number of likely N-dealkylation sites (tertiary alicyclic amines) is 1. The smallest absolute Gasteiger partial charge is 0.230 e. The molecular weight excluding hydrogens is 190 g/mol. The van der Waals surface area contributed by atoms with Crippen LogP contribution in [0.25, 0.3) is 0 Å². The molecule has 15 heavy (non-hydrogen) atoms. The van der Waals surface area contributed by atoms with Crippen LogP contribution in [0, 0.1) is 5.92 Å². The van der Waals surface area contributed by atoms with Gasteiger partial charge in [0.1, 0.15) is 5.78 Å². The van der Waals surface area contributed by atoms with E-state index in [2.05, 4.69) is 13.8 Å². The van der Waals surface area contributed by atoms with Gasteiger partial charge in [0.2, 0.25) is 5.91 Å². The summed E-state index contributed by atoms with van der Waals surface area (Å²) in [6.07, 6.45) is 4.15. The van der Waals surface area contributed by atoms with Gasteiger partial charge in [0, 0.05) is 19.5 Å². The predicted octanol–water partition coefficient (Wildman–Crippen LogP) is 2.00. The van der Waals surface area contributed by atoms with Crippen LogP contribution in [-0.2, 0) is 9.59 Å². The topological polar surface area (TPSA) is 37.4 Å². The number of carbonyl (C=O) groups is 2. The van der Waals surface area contributed by atoms with Crippen LogP contribution in [-0.4, -0.2) is 29.7 Å². The van der Waals surface area contributed by atoms with Crippen LogP contribution < -0.4 is 0 Å². The largest absolute Gasteiger partial charge is 0.342 e. The molecule has 86 valence electrons. The number of hydrogen-bond acceptors (Lipinski definition) is 2. The standard InChI is InChI=1S/C12H21NO2/c1-10(2)5-3-4-7-13-8-6-11(14)9-12(13)15/h10H,3-9H2,1-2H3. The lowest BCUT2D eigenvalue weighted by atomic mass is 10.1. The van der Waals surface area contributed by atoms with Crippen molar-refractivity contribution < 1.29 is 9.59 Å². The first-order valence-electron chi connectivity index (χ1n) is 5.89. The van der Waals surface area contributed by atoms with Crippen LogP contribution in [0.5, 0.6) is 0 Å². The second kappa shape index (κ2) is 5.89. The van der Waals surface area contributed by atoms with Gasteiger partial charge in [-0.1, -0.05) is 26.7 Å². The van der Waals surface area contributed by atoms with Gasteiger partial charge in [0.15, 0.2) is 0 Å². The average molecular weight is 211 g/mol. The number of carbonyl (C=O) groups excluding carboxylic acids is 2. The zero-order chi connectivity index (χ0) is 11.3. The normalized spacial score (nSPS) is 17.7. The molecule has 0 aromatic carbocycles. The SMILES string of the molecule is CC(C)CCCCN1CCC(=O)CC1=O. The van der Waals surface area contributed by atoms with E-state index in [1.165, 1.54) is 12.8 Å². The third-order valence-corrected chi connectivity index (χ3v) is 2.82. The number of rotatable bonds is 5. The van der Waals surface area contributed by atoms with Crippen LogP contribution in [0.2, 0.25) is 0 Å². The zero-order valence-electron chi connectivity index (χ0n) is 9.79. The highest BCUT2D eigenvalue weighted by atomic mass is 16.2. The molecule has 1 aliphatic heterocycles. The Morgan fingerprint density at radius 3 is 2.60 bits per heavy atom. The van der Waals surface area contributed by atoms with Crippen LogP contribution >= 0.6 is 0 Å². The molecule has 0 aliphatic carbocycles. The Kier molecular flexibility index (Phi) is 4.79. The van der Waals surface area contributed by atoms with E-state index in [0.29, 0.717) is 13.0 Å². The summed E-state index contributed by atoms with van der Waals surface area (Å²) in [7, 11) is 0. The molecule has 1 aliphatic rings. The van der Waals surface area contributed by atoms with Crippen LogP contribution in [0.4, 0.5) is 0 Å². The molecule has 0 spiro atoms. The van der Waals surface area contributed by atoms with Gasteiger partial charge in [-0.2, -0.15) is 0 Å². The molecule has 3 nitrogen and oxygen atoms in total. The van der Waals surface area contributed by atoms with Crippen molar-refractivity contribution in [3.63, 3.8) is 0 Å². The van der Waals surface area contributed by atoms with Crippen molar-refractivity contribution >= 4 is 11.7 Å². The molecule has 0 atom stereocenters. The molecule has 0 radical (unpaired) electrons. The molecule has 0 bridgehead atoms. The minimum Gasteiger partial charge on any atom is -0.342 e. The maximum atomic E-state index is 11.4. The fourth-order valence-electron chi connectivity index (χ4n) is 1.84.